The summed E-state index contributed by atoms with van der Waals surface area (Å²) in [6, 6.07) is 66.3. The van der Waals surface area contributed by atoms with Gasteiger partial charge in [0.2, 0.25) is 0 Å². The van der Waals surface area contributed by atoms with Gasteiger partial charge in [0.15, 0.2) is 0 Å². The van der Waals surface area contributed by atoms with E-state index in [1.807, 2.05) is 0 Å². The SMILES string of the molecule is CC1(C)c2cc3c(cc2-c2c1cc(-c1ccccc1-c1ccccc1)c1c2oc2ccccc21)C(C)(C)c1cc(-c2ccccc2-c2ccccc2)c2c(oc4ccccc42)c1-3. The number of fused-ring (bicyclic) bond motifs is 14. The van der Waals surface area contributed by atoms with Crippen LogP contribution in [-0.4, -0.2) is 0 Å². The summed E-state index contributed by atoms with van der Waals surface area (Å²) in [6.07, 6.45) is 0. The molecule has 0 N–H and O–H groups in total. The standard InChI is InChI=1S/C60H42O2/c1-59(2)47-33-46-48(34-45(47)55-49(59)31-43(53-41-27-15-17-29-51(41)61-57(53)55)39-25-13-11-23-37(39)35-19-7-5-8-20-35)60(3,4)50-32-44(40-26-14-12-24-38(40)36-21-9-6-10-22-36)54-42-28-16-18-30-52(42)62-58(54)56(46)50/h5-34H,1-4H3. The highest BCUT2D eigenvalue weighted by Crippen LogP contribution is 2.61. The molecule has 2 aliphatic rings. The first-order chi connectivity index (χ1) is 30.3. The zero-order valence-electron chi connectivity index (χ0n) is 35.1. The number of hydrogen-bond donors (Lipinski definition) is 0. The van der Waals surface area contributed by atoms with E-state index in [9.17, 15) is 0 Å². The Morgan fingerprint density at radius 2 is 0.645 bits per heavy atom. The number of para-hydroxylation sites is 2. The van der Waals surface area contributed by atoms with Crippen LogP contribution in [0.4, 0.5) is 0 Å². The summed E-state index contributed by atoms with van der Waals surface area (Å²) in [6.45, 7) is 9.58. The molecule has 0 spiro atoms. The third-order valence-electron chi connectivity index (χ3n) is 14.3. The first-order valence-electron chi connectivity index (χ1n) is 21.8. The molecule has 9 aromatic carbocycles. The predicted octanol–water partition coefficient (Wildman–Crippen LogP) is 16.8. The van der Waals surface area contributed by atoms with E-state index in [-0.39, 0.29) is 10.8 Å². The van der Waals surface area contributed by atoms with E-state index in [2.05, 4.69) is 210 Å². The maximum absolute atomic E-state index is 7.08. The van der Waals surface area contributed by atoms with Crippen LogP contribution >= 0.6 is 0 Å². The molecule has 0 saturated heterocycles. The van der Waals surface area contributed by atoms with Gasteiger partial charge in [0, 0.05) is 43.5 Å². The van der Waals surface area contributed by atoms with Crippen LogP contribution in [0.5, 0.6) is 0 Å². The summed E-state index contributed by atoms with van der Waals surface area (Å²) < 4.78 is 14.2. The molecular formula is C60H42O2. The Hall–Kier alpha value is -7.42. The van der Waals surface area contributed by atoms with Crippen molar-refractivity contribution in [3.05, 3.63) is 204 Å². The average molecular weight is 795 g/mol. The van der Waals surface area contributed by atoms with E-state index >= 15 is 0 Å². The normalized spacial score (nSPS) is 14.4. The second-order valence-corrected chi connectivity index (χ2v) is 18.3. The fourth-order valence-corrected chi connectivity index (χ4v) is 11.3. The maximum atomic E-state index is 7.08. The second kappa shape index (κ2) is 12.6. The van der Waals surface area contributed by atoms with Crippen molar-refractivity contribution in [2.24, 2.45) is 0 Å². The predicted molar refractivity (Wildman–Crippen MR) is 258 cm³/mol. The minimum Gasteiger partial charge on any atom is -0.455 e. The molecule has 13 rings (SSSR count). The van der Waals surface area contributed by atoms with Gasteiger partial charge in [-0.05, 0) is 114 Å². The highest BCUT2D eigenvalue weighted by molar-refractivity contribution is 6.21. The van der Waals surface area contributed by atoms with Crippen LogP contribution in [-0.2, 0) is 10.8 Å². The third-order valence-corrected chi connectivity index (χ3v) is 14.3. The highest BCUT2D eigenvalue weighted by Gasteiger charge is 2.45. The molecule has 0 saturated carbocycles. The van der Waals surface area contributed by atoms with E-state index in [0.29, 0.717) is 0 Å². The lowest BCUT2D eigenvalue weighted by molar-refractivity contribution is 0.648. The molecule has 11 aromatic rings. The van der Waals surface area contributed by atoms with Gasteiger partial charge in [-0.3, -0.25) is 0 Å². The van der Waals surface area contributed by atoms with Crippen molar-refractivity contribution in [1.29, 1.82) is 0 Å². The fraction of sp³-hybridized carbons (Fsp3) is 0.100. The molecule has 2 nitrogen and oxygen atoms in total. The Kier molecular flexibility index (Phi) is 7.16. The molecule has 0 aliphatic heterocycles. The molecule has 2 heteroatoms. The zero-order valence-corrected chi connectivity index (χ0v) is 35.1. The number of benzene rings is 9. The molecule has 0 radical (unpaired) electrons. The Morgan fingerprint density at radius 3 is 1.06 bits per heavy atom. The first-order valence-corrected chi connectivity index (χ1v) is 21.8. The summed E-state index contributed by atoms with van der Waals surface area (Å²) >= 11 is 0. The van der Waals surface area contributed by atoms with E-state index < -0.39 is 0 Å². The molecular weight excluding hydrogens is 753 g/mol. The summed E-state index contributed by atoms with van der Waals surface area (Å²) in [5.41, 5.74) is 22.9. The fourth-order valence-electron chi connectivity index (χ4n) is 11.3. The van der Waals surface area contributed by atoms with Crippen LogP contribution in [0.3, 0.4) is 0 Å². The Morgan fingerprint density at radius 1 is 0.306 bits per heavy atom. The molecule has 0 unspecified atom stereocenters. The van der Waals surface area contributed by atoms with E-state index in [4.69, 9.17) is 8.83 Å². The summed E-state index contributed by atoms with van der Waals surface area (Å²) in [7, 11) is 0. The zero-order chi connectivity index (χ0) is 41.5. The molecule has 0 bridgehead atoms. The third kappa shape index (κ3) is 4.70. The van der Waals surface area contributed by atoms with Crippen LogP contribution in [0, 0.1) is 0 Å². The van der Waals surface area contributed by atoms with Crippen LogP contribution in [0.2, 0.25) is 0 Å². The van der Waals surface area contributed by atoms with Gasteiger partial charge in [-0.25, -0.2) is 0 Å². The van der Waals surface area contributed by atoms with Gasteiger partial charge in [-0.2, -0.15) is 0 Å². The lowest BCUT2D eigenvalue weighted by Crippen LogP contribution is -2.17. The van der Waals surface area contributed by atoms with Crippen molar-refractivity contribution in [1.82, 2.24) is 0 Å². The summed E-state index contributed by atoms with van der Waals surface area (Å²) in [5, 5.41) is 4.61. The molecule has 2 aliphatic carbocycles. The van der Waals surface area contributed by atoms with Gasteiger partial charge in [0.1, 0.15) is 22.3 Å². The molecule has 62 heavy (non-hydrogen) atoms. The summed E-state index contributed by atoms with van der Waals surface area (Å²) in [4.78, 5) is 0. The number of rotatable bonds is 4. The van der Waals surface area contributed by atoms with Crippen molar-refractivity contribution in [3.63, 3.8) is 0 Å². The van der Waals surface area contributed by atoms with Crippen LogP contribution in [0.25, 0.3) is 111 Å². The van der Waals surface area contributed by atoms with Crippen LogP contribution in [0.1, 0.15) is 49.9 Å². The lowest BCUT2D eigenvalue weighted by Gasteiger charge is -2.24. The van der Waals surface area contributed by atoms with E-state index in [1.165, 1.54) is 99.8 Å². The maximum Gasteiger partial charge on any atom is 0.144 e. The van der Waals surface area contributed by atoms with Crippen molar-refractivity contribution >= 4 is 43.9 Å². The highest BCUT2D eigenvalue weighted by atomic mass is 16.3. The van der Waals surface area contributed by atoms with E-state index in [1.54, 1.807) is 0 Å². The molecule has 0 amide bonds. The molecule has 0 fully saturated rings. The monoisotopic (exact) mass is 794 g/mol. The molecule has 2 heterocycles. The minimum atomic E-state index is -0.322. The van der Waals surface area contributed by atoms with Gasteiger partial charge < -0.3 is 8.83 Å². The number of hydrogen-bond acceptors (Lipinski definition) is 2. The van der Waals surface area contributed by atoms with Gasteiger partial charge in [0.25, 0.3) is 0 Å². The van der Waals surface area contributed by atoms with Gasteiger partial charge >= 0.3 is 0 Å². The van der Waals surface area contributed by atoms with Crippen molar-refractivity contribution < 1.29 is 8.83 Å². The molecule has 2 aromatic heterocycles. The largest absolute Gasteiger partial charge is 0.455 e. The number of furan rings is 2. The summed E-state index contributed by atoms with van der Waals surface area (Å²) in [5.74, 6) is 0. The van der Waals surface area contributed by atoms with Crippen molar-refractivity contribution in [2.45, 2.75) is 38.5 Å². The smallest absolute Gasteiger partial charge is 0.144 e. The van der Waals surface area contributed by atoms with Crippen molar-refractivity contribution in [2.75, 3.05) is 0 Å². The van der Waals surface area contributed by atoms with Gasteiger partial charge in [-0.1, -0.05) is 173 Å². The van der Waals surface area contributed by atoms with Gasteiger partial charge in [-0.15, -0.1) is 0 Å². The lowest BCUT2D eigenvalue weighted by atomic mass is 9.78. The minimum absolute atomic E-state index is 0.322. The van der Waals surface area contributed by atoms with Crippen molar-refractivity contribution in [3.8, 4) is 66.8 Å². The van der Waals surface area contributed by atoms with Crippen LogP contribution in [0.15, 0.2) is 191 Å². The average Bonchev–Trinajstić information content (AvgIpc) is 4.01. The van der Waals surface area contributed by atoms with Crippen LogP contribution < -0.4 is 0 Å². The molecule has 294 valence electrons. The Bertz CT molecular complexity index is 3430. The topological polar surface area (TPSA) is 26.3 Å². The van der Waals surface area contributed by atoms with Gasteiger partial charge in [0.05, 0.1) is 0 Å². The Balaban J connectivity index is 1.09. The molecule has 0 atom stereocenters. The quantitative estimate of drug-likeness (QED) is 0.177. The Labute approximate surface area is 360 Å². The second-order valence-electron chi connectivity index (χ2n) is 18.3. The van der Waals surface area contributed by atoms with E-state index in [0.717, 1.165) is 33.1 Å². The first kappa shape index (κ1) is 35.3.